The number of hydrogen-bond donors (Lipinski definition) is 2. The first-order valence-corrected chi connectivity index (χ1v) is 4.66. The molecule has 1 aromatic rings. The fourth-order valence-corrected chi connectivity index (χ4v) is 1.85. The third kappa shape index (κ3) is 1.41. The van der Waals surface area contributed by atoms with Crippen molar-refractivity contribution in [3.63, 3.8) is 0 Å². The van der Waals surface area contributed by atoms with Crippen molar-refractivity contribution in [1.82, 2.24) is 14.8 Å². The van der Waals surface area contributed by atoms with Gasteiger partial charge in [-0.2, -0.15) is 4.98 Å². The molecule has 0 aliphatic heterocycles. The molecule has 0 amide bonds. The Morgan fingerprint density at radius 1 is 1.57 bits per heavy atom. The zero-order valence-electron chi connectivity index (χ0n) is 8.05. The lowest BCUT2D eigenvalue weighted by molar-refractivity contribution is 0.130. The number of aliphatic hydroxyl groups excluding tert-OH is 1. The fourth-order valence-electron chi connectivity index (χ4n) is 1.85. The van der Waals surface area contributed by atoms with Gasteiger partial charge in [0, 0.05) is 0 Å². The first kappa shape index (κ1) is 9.26. The molecule has 6 nitrogen and oxygen atoms in total. The van der Waals surface area contributed by atoms with Crippen molar-refractivity contribution in [3.8, 4) is 6.01 Å². The molecule has 0 radical (unpaired) electrons. The summed E-state index contributed by atoms with van der Waals surface area (Å²) in [5.74, 6) is 0.299. The monoisotopic (exact) mass is 198 g/mol. The van der Waals surface area contributed by atoms with E-state index in [1.54, 1.807) is 4.68 Å². The van der Waals surface area contributed by atoms with Gasteiger partial charge in [-0.3, -0.25) is 0 Å². The molecule has 6 heteroatoms. The third-order valence-corrected chi connectivity index (χ3v) is 2.58. The standard InChI is InChI=1S/C8H14N4O2/c1-14-8-10-7(9)12(11-8)5-3-2-4-6(5)13/h5-6,13H,2-4H2,1H3,(H2,9,10,11). The predicted octanol–water partition coefficient (Wildman–Crippen LogP) is -0.0452. The summed E-state index contributed by atoms with van der Waals surface area (Å²) in [6.07, 6.45) is 2.31. The van der Waals surface area contributed by atoms with Gasteiger partial charge < -0.3 is 15.6 Å². The average molecular weight is 198 g/mol. The Morgan fingerprint density at radius 3 is 2.86 bits per heavy atom. The van der Waals surface area contributed by atoms with Crippen LogP contribution >= 0.6 is 0 Å². The predicted molar refractivity (Wildman–Crippen MR) is 49.9 cm³/mol. The average Bonchev–Trinajstić information content (AvgIpc) is 2.72. The highest BCUT2D eigenvalue weighted by molar-refractivity contribution is 5.20. The number of nitrogen functional groups attached to an aromatic ring is 1. The first-order valence-electron chi connectivity index (χ1n) is 4.66. The summed E-state index contributed by atoms with van der Waals surface area (Å²) in [6.45, 7) is 0. The minimum Gasteiger partial charge on any atom is -0.466 e. The van der Waals surface area contributed by atoms with Gasteiger partial charge in [-0.25, -0.2) is 4.68 Å². The number of methoxy groups -OCH3 is 1. The smallest absolute Gasteiger partial charge is 0.337 e. The molecule has 1 saturated carbocycles. The Labute approximate surface area is 81.7 Å². The maximum absolute atomic E-state index is 9.66. The van der Waals surface area contributed by atoms with Crippen molar-refractivity contribution in [2.24, 2.45) is 0 Å². The van der Waals surface area contributed by atoms with E-state index in [2.05, 4.69) is 10.1 Å². The van der Waals surface area contributed by atoms with E-state index in [9.17, 15) is 5.11 Å². The molecule has 14 heavy (non-hydrogen) atoms. The van der Waals surface area contributed by atoms with Crippen LogP contribution in [-0.2, 0) is 0 Å². The van der Waals surface area contributed by atoms with Crippen LogP contribution in [0.2, 0.25) is 0 Å². The third-order valence-electron chi connectivity index (χ3n) is 2.58. The van der Waals surface area contributed by atoms with Gasteiger partial charge in [0.25, 0.3) is 0 Å². The molecular weight excluding hydrogens is 184 g/mol. The Kier molecular flexibility index (Phi) is 2.28. The lowest BCUT2D eigenvalue weighted by Gasteiger charge is -2.14. The second kappa shape index (κ2) is 3.45. The van der Waals surface area contributed by atoms with Gasteiger partial charge >= 0.3 is 6.01 Å². The molecule has 0 spiro atoms. The quantitative estimate of drug-likeness (QED) is 0.696. The lowest BCUT2D eigenvalue weighted by Crippen LogP contribution is -2.20. The van der Waals surface area contributed by atoms with Gasteiger partial charge in [-0.1, -0.05) is 0 Å². The van der Waals surface area contributed by atoms with Gasteiger partial charge in [0.05, 0.1) is 19.3 Å². The van der Waals surface area contributed by atoms with Crippen LogP contribution < -0.4 is 10.5 Å². The zero-order valence-corrected chi connectivity index (χ0v) is 8.05. The van der Waals surface area contributed by atoms with Crippen LogP contribution in [0.25, 0.3) is 0 Å². The summed E-state index contributed by atoms with van der Waals surface area (Å²) in [7, 11) is 1.49. The number of aliphatic hydroxyl groups is 1. The molecule has 2 rings (SSSR count). The molecule has 0 saturated heterocycles. The van der Waals surface area contributed by atoms with Crippen LogP contribution in [-0.4, -0.2) is 33.1 Å². The Balaban J connectivity index is 2.26. The number of anilines is 1. The highest BCUT2D eigenvalue weighted by Crippen LogP contribution is 2.31. The van der Waals surface area contributed by atoms with Crippen molar-refractivity contribution >= 4 is 5.95 Å². The molecule has 1 fully saturated rings. The summed E-state index contributed by atoms with van der Waals surface area (Å²) in [4.78, 5) is 3.90. The van der Waals surface area contributed by atoms with Crippen molar-refractivity contribution in [2.45, 2.75) is 31.4 Å². The highest BCUT2D eigenvalue weighted by Gasteiger charge is 2.29. The van der Waals surface area contributed by atoms with Gasteiger partial charge in [0.1, 0.15) is 0 Å². The summed E-state index contributed by atoms with van der Waals surface area (Å²) >= 11 is 0. The summed E-state index contributed by atoms with van der Waals surface area (Å²) in [6, 6.07) is 0.202. The van der Waals surface area contributed by atoms with Crippen LogP contribution in [0.1, 0.15) is 25.3 Å². The van der Waals surface area contributed by atoms with Crippen LogP contribution in [0.4, 0.5) is 5.95 Å². The lowest BCUT2D eigenvalue weighted by atomic mass is 10.2. The van der Waals surface area contributed by atoms with E-state index in [1.165, 1.54) is 7.11 Å². The molecule has 2 atom stereocenters. The van der Waals surface area contributed by atoms with E-state index in [-0.39, 0.29) is 18.2 Å². The normalized spacial score (nSPS) is 26.7. The van der Waals surface area contributed by atoms with Crippen molar-refractivity contribution in [2.75, 3.05) is 12.8 Å². The zero-order chi connectivity index (χ0) is 10.1. The molecule has 1 aromatic heterocycles. The maximum Gasteiger partial charge on any atom is 0.337 e. The Hall–Kier alpha value is -1.30. The molecule has 1 aliphatic rings. The molecule has 0 aromatic carbocycles. The summed E-state index contributed by atoms with van der Waals surface area (Å²) in [5.41, 5.74) is 5.66. The fraction of sp³-hybridized carbons (Fsp3) is 0.750. The van der Waals surface area contributed by atoms with E-state index in [1.807, 2.05) is 0 Å². The van der Waals surface area contributed by atoms with E-state index in [4.69, 9.17) is 10.5 Å². The minimum absolute atomic E-state index is 0.0496. The van der Waals surface area contributed by atoms with Crippen LogP contribution in [0.3, 0.4) is 0 Å². The van der Waals surface area contributed by atoms with Crippen LogP contribution in [0.15, 0.2) is 0 Å². The van der Waals surface area contributed by atoms with Crippen molar-refractivity contribution < 1.29 is 9.84 Å². The molecule has 1 heterocycles. The van der Waals surface area contributed by atoms with Crippen LogP contribution in [0, 0.1) is 0 Å². The molecule has 2 unspecified atom stereocenters. The van der Waals surface area contributed by atoms with Gasteiger partial charge in [-0.15, -0.1) is 5.10 Å². The summed E-state index contributed by atoms with van der Waals surface area (Å²) < 4.78 is 6.42. The van der Waals surface area contributed by atoms with Gasteiger partial charge in [0.2, 0.25) is 5.95 Å². The molecular formula is C8H14N4O2. The molecule has 78 valence electrons. The number of nitrogens with two attached hydrogens (primary N) is 1. The van der Waals surface area contributed by atoms with Crippen molar-refractivity contribution in [1.29, 1.82) is 0 Å². The molecule has 1 aliphatic carbocycles. The second-order valence-electron chi connectivity index (χ2n) is 3.47. The Bertz CT molecular complexity index is 325. The maximum atomic E-state index is 9.66. The van der Waals surface area contributed by atoms with E-state index < -0.39 is 0 Å². The topological polar surface area (TPSA) is 86.2 Å². The first-order chi connectivity index (χ1) is 6.72. The van der Waals surface area contributed by atoms with E-state index in [0.29, 0.717) is 5.95 Å². The Morgan fingerprint density at radius 2 is 2.36 bits per heavy atom. The molecule has 3 N–H and O–H groups in total. The van der Waals surface area contributed by atoms with E-state index >= 15 is 0 Å². The number of nitrogens with zero attached hydrogens (tertiary/aromatic N) is 3. The number of ether oxygens (including phenoxy) is 1. The number of aromatic nitrogens is 3. The minimum atomic E-state index is -0.372. The SMILES string of the molecule is COc1nc(N)n(C2CCCC2O)n1. The van der Waals surface area contributed by atoms with Crippen molar-refractivity contribution in [3.05, 3.63) is 0 Å². The largest absolute Gasteiger partial charge is 0.466 e. The molecule has 0 bridgehead atoms. The number of hydrogen-bond acceptors (Lipinski definition) is 5. The highest BCUT2D eigenvalue weighted by atomic mass is 16.5. The second-order valence-corrected chi connectivity index (χ2v) is 3.47. The van der Waals surface area contributed by atoms with E-state index in [0.717, 1.165) is 19.3 Å². The van der Waals surface area contributed by atoms with Crippen LogP contribution in [0.5, 0.6) is 6.01 Å². The van der Waals surface area contributed by atoms with Gasteiger partial charge in [0.15, 0.2) is 0 Å². The summed E-state index contributed by atoms with van der Waals surface area (Å²) in [5, 5.41) is 13.7. The van der Waals surface area contributed by atoms with Gasteiger partial charge in [-0.05, 0) is 19.3 Å². The number of rotatable bonds is 2.